The largest absolute Gasteiger partial charge is 0.505 e. The number of halogens is 4. The number of nitriles is 1. The van der Waals surface area contributed by atoms with Gasteiger partial charge < -0.3 is 15.5 Å². The Morgan fingerprint density at radius 1 is 1.20 bits per heavy atom. The monoisotopic (exact) mass is 446 g/mol. The number of benzene rings is 2. The van der Waals surface area contributed by atoms with Gasteiger partial charge in [-0.25, -0.2) is 12.8 Å². The van der Waals surface area contributed by atoms with Crippen LogP contribution in [0.5, 0.6) is 5.75 Å². The lowest BCUT2D eigenvalue weighted by Gasteiger charge is -2.22. The van der Waals surface area contributed by atoms with Crippen molar-refractivity contribution >= 4 is 21.4 Å². The first kappa shape index (κ1) is 23.1. The van der Waals surface area contributed by atoms with Gasteiger partial charge in [0.05, 0.1) is 27.8 Å². The second-order valence-corrected chi connectivity index (χ2v) is 8.46. The number of anilines is 1. The van der Waals surface area contributed by atoms with Crippen molar-refractivity contribution in [3.05, 3.63) is 53.3 Å². The molecule has 12 heteroatoms. The van der Waals surface area contributed by atoms with Gasteiger partial charge >= 0.3 is 6.18 Å². The summed E-state index contributed by atoms with van der Waals surface area (Å²) in [6.45, 7) is 0.817. The standard InChI is InChI=1S/C18H14F4N2O5S/c1-17(27,9-30(28,29)12-4-5-14(19)15(25)7-12)16(26)24-11-3-2-10(8-23)13(6-11)18(20,21)22/h2-7,25,27H,9H2,1H3,(H,24,26). The van der Waals surface area contributed by atoms with Gasteiger partial charge in [-0.1, -0.05) is 0 Å². The molecule has 0 aromatic heterocycles. The Kier molecular flexibility index (Phi) is 6.10. The maximum atomic E-state index is 13.1. The minimum absolute atomic E-state index is 0.427. The quantitative estimate of drug-likeness (QED) is 0.479. The van der Waals surface area contributed by atoms with Gasteiger partial charge in [0.2, 0.25) is 0 Å². The number of phenols is 1. The Hall–Kier alpha value is -3.17. The highest BCUT2D eigenvalue weighted by Crippen LogP contribution is 2.34. The summed E-state index contributed by atoms with van der Waals surface area (Å²) in [6.07, 6.45) is -4.89. The van der Waals surface area contributed by atoms with E-state index >= 15 is 0 Å². The molecule has 0 radical (unpaired) electrons. The number of carbonyl (C=O) groups excluding carboxylic acids is 1. The van der Waals surface area contributed by atoms with Crippen LogP contribution in [0.3, 0.4) is 0 Å². The van der Waals surface area contributed by atoms with Crippen molar-refractivity contribution < 1.29 is 41.0 Å². The maximum Gasteiger partial charge on any atom is 0.417 e. The Morgan fingerprint density at radius 3 is 2.37 bits per heavy atom. The van der Waals surface area contributed by atoms with Crippen molar-refractivity contribution in [2.45, 2.75) is 23.6 Å². The fourth-order valence-corrected chi connectivity index (χ4v) is 4.03. The number of amides is 1. The highest BCUT2D eigenvalue weighted by atomic mass is 32.2. The Balaban J connectivity index is 2.28. The van der Waals surface area contributed by atoms with E-state index in [4.69, 9.17) is 5.26 Å². The number of sulfone groups is 1. The van der Waals surface area contributed by atoms with Gasteiger partial charge in [-0.05, 0) is 37.3 Å². The molecule has 1 amide bonds. The number of aliphatic hydroxyl groups is 1. The number of alkyl halides is 3. The molecule has 0 saturated heterocycles. The average molecular weight is 446 g/mol. The van der Waals surface area contributed by atoms with E-state index in [1.165, 1.54) is 6.07 Å². The predicted octanol–water partition coefficient (Wildman–Crippen LogP) is 2.59. The molecule has 0 spiro atoms. The smallest absolute Gasteiger partial charge is 0.417 e. The zero-order chi connectivity index (χ0) is 22.9. The van der Waals surface area contributed by atoms with Crippen molar-refractivity contribution in [3.63, 3.8) is 0 Å². The molecule has 0 heterocycles. The summed E-state index contributed by atoms with van der Waals surface area (Å²) in [5.74, 6) is -4.59. The third-order valence-electron chi connectivity index (χ3n) is 3.94. The molecular formula is C18H14F4N2O5S. The SMILES string of the molecule is CC(O)(CS(=O)(=O)c1ccc(F)c(O)c1)C(=O)Nc1ccc(C#N)c(C(F)(F)F)c1. The first-order valence-corrected chi connectivity index (χ1v) is 9.69. The number of aromatic hydroxyl groups is 1. The molecule has 160 valence electrons. The molecular weight excluding hydrogens is 432 g/mol. The number of phenolic OH excluding ortho intramolecular Hbond substituents is 1. The predicted molar refractivity (Wildman–Crippen MR) is 95.5 cm³/mol. The van der Waals surface area contributed by atoms with E-state index in [1.54, 1.807) is 0 Å². The molecule has 0 aliphatic heterocycles. The van der Waals surface area contributed by atoms with Gasteiger partial charge in [-0.3, -0.25) is 4.79 Å². The molecule has 30 heavy (non-hydrogen) atoms. The lowest BCUT2D eigenvalue weighted by molar-refractivity contribution is -0.137. The summed E-state index contributed by atoms with van der Waals surface area (Å²) in [5.41, 5.74) is -5.04. The van der Waals surface area contributed by atoms with Gasteiger partial charge in [0, 0.05) is 11.8 Å². The fraction of sp³-hybridized carbons (Fsp3) is 0.222. The van der Waals surface area contributed by atoms with Gasteiger partial charge in [0.15, 0.2) is 27.0 Å². The van der Waals surface area contributed by atoms with Crippen LogP contribution in [0.1, 0.15) is 18.1 Å². The molecule has 0 aliphatic rings. The van der Waals surface area contributed by atoms with Crippen LogP contribution < -0.4 is 5.32 Å². The molecule has 2 aromatic rings. The van der Waals surface area contributed by atoms with E-state index in [2.05, 4.69) is 0 Å². The number of hydrogen-bond donors (Lipinski definition) is 3. The maximum absolute atomic E-state index is 13.1. The topological polar surface area (TPSA) is 127 Å². The van der Waals surface area contributed by atoms with Gasteiger partial charge in [0.1, 0.15) is 0 Å². The van der Waals surface area contributed by atoms with E-state index in [-0.39, 0.29) is 0 Å². The Morgan fingerprint density at radius 2 is 1.83 bits per heavy atom. The molecule has 1 unspecified atom stereocenters. The van der Waals surface area contributed by atoms with E-state index in [1.807, 2.05) is 5.32 Å². The first-order valence-electron chi connectivity index (χ1n) is 8.04. The second-order valence-electron chi connectivity index (χ2n) is 6.47. The van der Waals surface area contributed by atoms with Crippen molar-refractivity contribution in [2.75, 3.05) is 11.1 Å². The summed E-state index contributed by atoms with van der Waals surface area (Å²) in [4.78, 5) is 11.7. The van der Waals surface area contributed by atoms with Gasteiger partial charge in [0.25, 0.3) is 5.91 Å². The molecule has 0 saturated carbocycles. The first-order chi connectivity index (χ1) is 13.7. The summed E-state index contributed by atoms with van der Waals surface area (Å²) < 4.78 is 76.9. The lowest BCUT2D eigenvalue weighted by Crippen LogP contribution is -2.45. The summed E-state index contributed by atoms with van der Waals surface area (Å²) >= 11 is 0. The van der Waals surface area contributed by atoms with Crippen LogP contribution in [0.2, 0.25) is 0 Å². The second kappa shape index (κ2) is 7.92. The zero-order valence-corrected chi connectivity index (χ0v) is 16.0. The lowest BCUT2D eigenvalue weighted by atomic mass is 10.1. The fourth-order valence-electron chi connectivity index (χ4n) is 2.42. The molecule has 1 atom stereocenters. The van der Waals surface area contributed by atoms with E-state index in [9.17, 15) is 41.0 Å². The van der Waals surface area contributed by atoms with E-state index < -0.39 is 66.6 Å². The molecule has 3 N–H and O–H groups in total. The highest BCUT2D eigenvalue weighted by molar-refractivity contribution is 7.91. The number of nitrogens with one attached hydrogen (secondary N) is 1. The number of hydrogen-bond acceptors (Lipinski definition) is 6. The zero-order valence-electron chi connectivity index (χ0n) is 15.2. The number of rotatable bonds is 5. The molecule has 0 fully saturated rings. The van der Waals surface area contributed by atoms with E-state index in [0.29, 0.717) is 18.2 Å². The Labute approximate surface area is 168 Å². The van der Waals surface area contributed by atoms with Crippen LogP contribution >= 0.6 is 0 Å². The van der Waals surface area contributed by atoms with Crippen molar-refractivity contribution in [2.24, 2.45) is 0 Å². The molecule has 0 aliphatic carbocycles. The van der Waals surface area contributed by atoms with Gasteiger partial charge in [-0.2, -0.15) is 18.4 Å². The molecule has 0 bridgehead atoms. The molecule has 2 rings (SSSR count). The van der Waals surface area contributed by atoms with Crippen LogP contribution in [-0.4, -0.2) is 35.9 Å². The van der Waals surface area contributed by atoms with Crippen LogP contribution in [0.4, 0.5) is 23.2 Å². The van der Waals surface area contributed by atoms with Crippen LogP contribution in [-0.2, 0) is 20.8 Å². The van der Waals surface area contributed by atoms with Crippen molar-refractivity contribution in [3.8, 4) is 11.8 Å². The highest BCUT2D eigenvalue weighted by Gasteiger charge is 2.38. The van der Waals surface area contributed by atoms with E-state index in [0.717, 1.165) is 25.1 Å². The third kappa shape index (κ3) is 5.05. The summed E-state index contributed by atoms with van der Waals surface area (Å²) in [7, 11) is -4.40. The minimum atomic E-state index is -4.89. The third-order valence-corrected chi connectivity index (χ3v) is 5.85. The number of carbonyl (C=O) groups is 1. The van der Waals surface area contributed by atoms with Crippen LogP contribution in [0, 0.1) is 17.1 Å². The molecule has 2 aromatic carbocycles. The Bertz CT molecular complexity index is 1140. The number of nitrogens with zero attached hydrogens (tertiary/aromatic N) is 1. The average Bonchev–Trinajstić information content (AvgIpc) is 2.62. The van der Waals surface area contributed by atoms with Crippen LogP contribution in [0.15, 0.2) is 41.3 Å². The van der Waals surface area contributed by atoms with Crippen LogP contribution in [0.25, 0.3) is 0 Å². The summed E-state index contributed by atoms with van der Waals surface area (Å²) in [6, 6.07) is 5.70. The minimum Gasteiger partial charge on any atom is -0.505 e. The van der Waals surface area contributed by atoms with Crippen molar-refractivity contribution in [1.82, 2.24) is 0 Å². The van der Waals surface area contributed by atoms with Crippen molar-refractivity contribution in [1.29, 1.82) is 5.26 Å². The molecule has 7 nitrogen and oxygen atoms in total. The van der Waals surface area contributed by atoms with Gasteiger partial charge in [-0.15, -0.1) is 0 Å². The normalized spacial score (nSPS) is 13.9. The summed E-state index contributed by atoms with van der Waals surface area (Å²) in [5, 5.41) is 30.3.